The molecule has 1 nitrogen and oxygen atoms in total. The molecule has 0 aliphatic rings. The first-order valence-corrected chi connectivity index (χ1v) is 14.1. The first-order chi connectivity index (χ1) is 20.3. The number of benzene rings is 8. The number of nitrogens with one attached hydrogen (secondary N) is 1. The maximum absolute atomic E-state index is 3.95. The molecule has 8 aromatic rings. The molecule has 0 radical (unpaired) electrons. The van der Waals surface area contributed by atoms with Crippen molar-refractivity contribution in [1.82, 2.24) is 0 Å². The van der Waals surface area contributed by atoms with Gasteiger partial charge in [0, 0.05) is 22.5 Å². The summed E-state index contributed by atoms with van der Waals surface area (Å²) in [6.45, 7) is 0. The van der Waals surface area contributed by atoms with Gasteiger partial charge in [0.1, 0.15) is 0 Å². The van der Waals surface area contributed by atoms with Gasteiger partial charge in [0.2, 0.25) is 0 Å². The Balaban J connectivity index is 1.42. The summed E-state index contributed by atoms with van der Waals surface area (Å²) in [6, 6.07) is 56.9. The fourth-order valence-electron chi connectivity index (χ4n) is 6.36. The van der Waals surface area contributed by atoms with Gasteiger partial charge >= 0.3 is 0 Å². The van der Waals surface area contributed by atoms with Gasteiger partial charge in [0.15, 0.2) is 0 Å². The lowest BCUT2D eigenvalue weighted by Crippen LogP contribution is -1.98. The van der Waals surface area contributed by atoms with Crippen molar-refractivity contribution in [3.05, 3.63) is 158 Å². The number of hydrogen-bond acceptors (Lipinski definition) is 1. The molecular formula is C40H27N. The van der Waals surface area contributed by atoms with Crippen LogP contribution in [0.25, 0.3) is 65.3 Å². The van der Waals surface area contributed by atoms with Crippen molar-refractivity contribution >= 4 is 54.5 Å². The van der Waals surface area contributed by atoms with Crippen LogP contribution in [0.3, 0.4) is 0 Å². The van der Waals surface area contributed by atoms with Crippen LogP contribution in [0.5, 0.6) is 0 Å². The summed E-state index contributed by atoms with van der Waals surface area (Å²) in [5.41, 5.74) is 7.09. The molecule has 0 spiro atoms. The lowest BCUT2D eigenvalue weighted by Gasteiger charge is -2.21. The van der Waals surface area contributed by atoms with Crippen LogP contribution in [0.15, 0.2) is 158 Å². The molecule has 0 heterocycles. The fourth-order valence-corrected chi connectivity index (χ4v) is 6.36. The maximum Gasteiger partial charge on any atom is 0.0470 e. The average Bonchev–Trinajstić information content (AvgIpc) is 3.04. The van der Waals surface area contributed by atoms with E-state index in [9.17, 15) is 0 Å². The molecule has 0 fully saturated rings. The van der Waals surface area contributed by atoms with E-state index in [1.165, 1.54) is 65.3 Å². The van der Waals surface area contributed by atoms with Crippen LogP contribution in [-0.4, -0.2) is 0 Å². The van der Waals surface area contributed by atoms with Gasteiger partial charge in [-0.3, -0.25) is 0 Å². The maximum atomic E-state index is 3.95. The Labute approximate surface area is 239 Å². The standard InChI is InChI=1S/C40H27N/c1-5-17-31-27(11-1)15-9-21-35(31)39-33-19-7-3-13-29(33)23-25-37(39)41-38-26-24-30-14-4-8-20-34(30)40(38)36-22-10-16-28-12-2-6-18-32(28)36/h1-26,41H. The van der Waals surface area contributed by atoms with Crippen molar-refractivity contribution in [2.45, 2.75) is 0 Å². The Morgan fingerprint density at radius 1 is 0.268 bits per heavy atom. The van der Waals surface area contributed by atoms with Crippen LogP contribution in [0.4, 0.5) is 11.4 Å². The molecule has 1 N–H and O–H groups in total. The largest absolute Gasteiger partial charge is 0.354 e. The van der Waals surface area contributed by atoms with E-state index in [1.54, 1.807) is 0 Å². The van der Waals surface area contributed by atoms with E-state index >= 15 is 0 Å². The Bertz CT molecular complexity index is 2070. The summed E-state index contributed by atoms with van der Waals surface area (Å²) >= 11 is 0. The van der Waals surface area contributed by atoms with E-state index in [2.05, 4.69) is 163 Å². The molecule has 41 heavy (non-hydrogen) atoms. The highest BCUT2D eigenvalue weighted by Crippen LogP contribution is 2.44. The van der Waals surface area contributed by atoms with Gasteiger partial charge < -0.3 is 5.32 Å². The van der Waals surface area contributed by atoms with Crippen LogP contribution >= 0.6 is 0 Å². The lowest BCUT2D eigenvalue weighted by atomic mass is 9.91. The van der Waals surface area contributed by atoms with E-state index in [4.69, 9.17) is 0 Å². The molecule has 0 bridgehead atoms. The van der Waals surface area contributed by atoms with E-state index in [0.29, 0.717) is 0 Å². The van der Waals surface area contributed by atoms with Gasteiger partial charge in [0.25, 0.3) is 0 Å². The SMILES string of the molecule is c1ccc2c(-c3c(Nc4ccc5ccccc5c4-c4cccc5ccccc45)ccc4ccccc34)cccc2c1. The predicted octanol–water partition coefficient (Wildman–Crippen LogP) is 11.4. The molecule has 192 valence electrons. The third-order valence-electron chi connectivity index (χ3n) is 8.25. The number of anilines is 2. The molecule has 0 atom stereocenters. The highest BCUT2D eigenvalue weighted by atomic mass is 14.9. The molecule has 0 aliphatic carbocycles. The summed E-state index contributed by atoms with van der Waals surface area (Å²) < 4.78 is 0. The molecular weight excluding hydrogens is 494 g/mol. The van der Waals surface area contributed by atoms with Crippen molar-refractivity contribution in [2.24, 2.45) is 0 Å². The Hall–Kier alpha value is -5.40. The molecule has 0 saturated heterocycles. The van der Waals surface area contributed by atoms with Gasteiger partial charge in [-0.2, -0.15) is 0 Å². The summed E-state index contributed by atoms with van der Waals surface area (Å²) in [4.78, 5) is 0. The summed E-state index contributed by atoms with van der Waals surface area (Å²) in [5.74, 6) is 0. The zero-order valence-corrected chi connectivity index (χ0v) is 22.5. The number of fused-ring (bicyclic) bond motifs is 4. The minimum Gasteiger partial charge on any atom is -0.354 e. The smallest absolute Gasteiger partial charge is 0.0470 e. The third-order valence-corrected chi connectivity index (χ3v) is 8.25. The number of rotatable bonds is 4. The summed E-state index contributed by atoms with van der Waals surface area (Å²) in [5, 5.41) is 13.9. The van der Waals surface area contributed by atoms with E-state index < -0.39 is 0 Å². The molecule has 0 saturated carbocycles. The normalized spacial score (nSPS) is 11.4. The highest BCUT2D eigenvalue weighted by Gasteiger charge is 2.17. The zero-order valence-electron chi connectivity index (χ0n) is 22.5. The van der Waals surface area contributed by atoms with Crippen LogP contribution in [-0.2, 0) is 0 Å². The first-order valence-electron chi connectivity index (χ1n) is 14.1. The molecule has 0 unspecified atom stereocenters. The van der Waals surface area contributed by atoms with Crippen molar-refractivity contribution in [3.8, 4) is 22.3 Å². The molecule has 8 rings (SSSR count). The minimum atomic E-state index is 1.09. The molecule has 8 aromatic carbocycles. The topological polar surface area (TPSA) is 12.0 Å². The summed E-state index contributed by atoms with van der Waals surface area (Å²) in [6.07, 6.45) is 0. The highest BCUT2D eigenvalue weighted by molar-refractivity contribution is 6.13. The van der Waals surface area contributed by atoms with Crippen LogP contribution in [0, 0.1) is 0 Å². The second-order valence-electron chi connectivity index (χ2n) is 10.6. The van der Waals surface area contributed by atoms with Crippen LogP contribution < -0.4 is 5.32 Å². The van der Waals surface area contributed by atoms with Gasteiger partial charge in [0.05, 0.1) is 0 Å². The molecule has 0 aromatic heterocycles. The quantitative estimate of drug-likeness (QED) is 0.243. The second kappa shape index (κ2) is 9.66. The number of hydrogen-bond donors (Lipinski definition) is 1. The Morgan fingerprint density at radius 3 is 1.05 bits per heavy atom. The monoisotopic (exact) mass is 521 g/mol. The van der Waals surface area contributed by atoms with Gasteiger partial charge in [-0.25, -0.2) is 0 Å². The van der Waals surface area contributed by atoms with E-state index in [0.717, 1.165) is 11.4 Å². The average molecular weight is 522 g/mol. The van der Waals surface area contributed by atoms with Gasteiger partial charge in [-0.1, -0.05) is 146 Å². The van der Waals surface area contributed by atoms with Crippen molar-refractivity contribution < 1.29 is 0 Å². The third kappa shape index (κ3) is 3.94. The van der Waals surface area contributed by atoms with Crippen LogP contribution in [0.2, 0.25) is 0 Å². The molecule has 1 heteroatoms. The minimum absolute atomic E-state index is 1.09. The summed E-state index contributed by atoms with van der Waals surface area (Å²) in [7, 11) is 0. The van der Waals surface area contributed by atoms with Crippen molar-refractivity contribution in [2.75, 3.05) is 5.32 Å². The molecule has 0 aliphatic heterocycles. The van der Waals surface area contributed by atoms with Gasteiger partial charge in [-0.15, -0.1) is 0 Å². The Morgan fingerprint density at radius 2 is 0.610 bits per heavy atom. The zero-order chi connectivity index (χ0) is 27.2. The van der Waals surface area contributed by atoms with Crippen molar-refractivity contribution in [3.63, 3.8) is 0 Å². The van der Waals surface area contributed by atoms with E-state index in [-0.39, 0.29) is 0 Å². The Kier molecular flexibility index (Phi) is 5.53. The van der Waals surface area contributed by atoms with Crippen molar-refractivity contribution in [1.29, 1.82) is 0 Å². The second-order valence-corrected chi connectivity index (χ2v) is 10.6. The predicted molar refractivity (Wildman–Crippen MR) is 177 cm³/mol. The fraction of sp³-hybridized carbons (Fsp3) is 0. The van der Waals surface area contributed by atoms with E-state index in [1.807, 2.05) is 0 Å². The first kappa shape index (κ1) is 23.5. The molecule has 0 amide bonds. The lowest BCUT2D eigenvalue weighted by molar-refractivity contribution is 1.57. The van der Waals surface area contributed by atoms with Gasteiger partial charge in [-0.05, 0) is 66.3 Å². The van der Waals surface area contributed by atoms with Crippen LogP contribution in [0.1, 0.15) is 0 Å².